The van der Waals surface area contributed by atoms with Crippen molar-refractivity contribution < 1.29 is 14.3 Å². The monoisotopic (exact) mass is 451 g/mol. The highest BCUT2D eigenvalue weighted by Crippen LogP contribution is 2.31. The van der Waals surface area contributed by atoms with Gasteiger partial charge in [0.15, 0.2) is 0 Å². The number of rotatable bonds is 8. The number of carbonyl (C=O) groups is 1. The van der Waals surface area contributed by atoms with E-state index in [0.29, 0.717) is 18.4 Å². The third kappa shape index (κ3) is 6.06. The third-order valence-corrected chi connectivity index (χ3v) is 7.18. The Morgan fingerprint density at radius 2 is 1.67 bits per heavy atom. The van der Waals surface area contributed by atoms with Crippen LogP contribution in [0.1, 0.15) is 24.8 Å². The fraction of sp³-hybridized carbons (Fsp3) is 0.519. The van der Waals surface area contributed by atoms with Gasteiger partial charge in [-0.2, -0.15) is 0 Å². The van der Waals surface area contributed by atoms with Crippen LogP contribution in [-0.4, -0.2) is 75.3 Å². The van der Waals surface area contributed by atoms with E-state index in [1.54, 1.807) is 7.11 Å². The van der Waals surface area contributed by atoms with Crippen LogP contribution in [0.4, 0.5) is 5.69 Å². The maximum atomic E-state index is 11.9. The molecule has 0 saturated carbocycles. The molecule has 4 rings (SSSR count). The summed E-state index contributed by atoms with van der Waals surface area (Å²) in [6.07, 6.45) is 2.53. The minimum Gasteiger partial charge on any atom is -0.495 e. The Hall–Kier alpha value is -2.57. The van der Waals surface area contributed by atoms with E-state index in [-0.39, 0.29) is 5.97 Å². The molecule has 2 aromatic rings. The molecule has 0 radical (unpaired) electrons. The van der Waals surface area contributed by atoms with Gasteiger partial charge in [0.1, 0.15) is 5.75 Å². The number of hydrogen-bond acceptors (Lipinski definition) is 6. The van der Waals surface area contributed by atoms with Crippen molar-refractivity contribution in [3.8, 4) is 5.75 Å². The average molecular weight is 452 g/mol. The van der Waals surface area contributed by atoms with E-state index < -0.39 is 0 Å². The van der Waals surface area contributed by atoms with Crippen molar-refractivity contribution in [3.05, 3.63) is 60.2 Å². The van der Waals surface area contributed by atoms with Gasteiger partial charge >= 0.3 is 5.97 Å². The summed E-state index contributed by atoms with van der Waals surface area (Å²) in [6, 6.07) is 19.5. The van der Waals surface area contributed by atoms with E-state index >= 15 is 0 Å². The molecule has 2 aliphatic rings. The van der Waals surface area contributed by atoms with E-state index in [2.05, 4.69) is 57.2 Å². The minimum atomic E-state index is -0.102. The number of piperazine rings is 1. The number of nitrogens with zero attached hydrogens (tertiary/aromatic N) is 3. The highest BCUT2D eigenvalue weighted by Gasteiger charge is 2.35. The van der Waals surface area contributed by atoms with Gasteiger partial charge in [-0.3, -0.25) is 14.6 Å². The van der Waals surface area contributed by atoms with Crippen LogP contribution in [0.25, 0.3) is 0 Å². The second-order valence-corrected chi connectivity index (χ2v) is 9.15. The first-order chi connectivity index (χ1) is 16.2. The predicted molar refractivity (Wildman–Crippen MR) is 132 cm³/mol. The van der Waals surface area contributed by atoms with Gasteiger partial charge in [-0.05, 0) is 43.0 Å². The van der Waals surface area contributed by atoms with Gasteiger partial charge in [0, 0.05) is 51.7 Å². The van der Waals surface area contributed by atoms with Crippen LogP contribution < -0.4 is 9.64 Å². The topological polar surface area (TPSA) is 45.2 Å². The van der Waals surface area contributed by atoms with Crippen molar-refractivity contribution in [2.45, 2.75) is 31.8 Å². The van der Waals surface area contributed by atoms with Crippen LogP contribution in [0.3, 0.4) is 0 Å². The Morgan fingerprint density at radius 1 is 0.939 bits per heavy atom. The smallest absolute Gasteiger partial charge is 0.305 e. The van der Waals surface area contributed by atoms with Gasteiger partial charge in [0.2, 0.25) is 0 Å². The van der Waals surface area contributed by atoms with E-state index in [1.807, 2.05) is 12.1 Å². The zero-order valence-corrected chi connectivity index (χ0v) is 20.0. The number of benzene rings is 2. The lowest BCUT2D eigenvalue weighted by Crippen LogP contribution is -2.56. The lowest BCUT2D eigenvalue weighted by molar-refractivity contribution is -0.141. The number of esters is 1. The maximum absolute atomic E-state index is 11.9. The highest BCUT2D eigenvalue weighted by atomic mass is 16.5. The maximum Gasteiger partial charge on any atom is 0.305 e. The molecule has 0 N–H and O–H groups in total. The molecule has 2 saturated heterocycles. The number of likely N-dealkylation sites (tertiary alicyclic amines) is 1. The SMILES string of the molecule is COC(=O)CC[C@@H]1CN(Cc2ccccc2)CC[C@@H]1N1CCN(c2ccccc2OC)CC1. The minimum absolute atomic E-state index is 0.102. The molecule has 2 aromatic carbocycles. The summed E-state index contributed by atoms with van der Waals surface area (Å²) in [5, 5.41) is 0. The van der Waals surface area contributed by atoms with Crippen molar-refractivity contribution in [1.82, 2.24) is 9.80 Å². The molecule has 0 unspecified atom stereocenters. The molecule has 6 nitrogen and oxygen atoms in total. The second kappa shape index (κ2) is 11.5. The summed E-state index contributed by atoms with van der Waals surface area (Å²) in [6.45, 7) is 7.17. The van der Waals surface area contributed by atoms with Crippen LogP contribution in [0, 0.1) is 5.92 Å². The Morgan fingerprint density at radius 3 is 2.39 bits per heavy atom. The van der Waals surface area contributed by atoms with Crippen LogP contribution in [0.15, 0.2) is 54.6 Å². The fourth-order valence-electron chi connectivity index (χ4n) is 5.44. The van der Waals surface area contributed by atoms with Crippen molar-refractivity contribution in [1.29, 1.82) is 0 Å². The quantitative estimate of drug-likeness (QED) is 0.571. The van der Waals surface area contributed by atoms with Gasteiger partial charge in [-0.15, -0.1) is 0 Å². The number of anilines is 1. The molecular weight excluding hydrogens is 414 g/mol. The largest absolute Gasteiger partial charge is 0.495 e. The normalized spacial score (nSPS) is 22.2. The summed E-state index contributed by atoms with van der Waals surface area (Å²) in [5.74, 6) is 1.31. The molecule has 2 heterocycles. The van der Waals surface area contributed by atoms with Gasteiger partial charge in [-0.1, -0.05) is 42.5 Å². The lowest BCUT2D eigenvalue weighted by atomic mass is 9.86. The first-order valence-electron chi connectivity index (χ1n) is 12.1. The van der Waals surface area contributed by atoms with E-state index in [1.165, 1.54) is 18.4 Å². The zero-order chi connectivity index (χ0) is 23.0. The van der Waals surface area contributed by atoms with Gasteiger partial charge in [0.25, 0.3) is 0 Å². The molecule has 178 valence electrons. The van der Waals surface area contributed by atoms with Crippen molar-refractivity contribution in [3.63, 3.8) is 0 Å². The van der Waals surface area contributed by atoms with Gasteiger partial charge < -0.3 is 14.4 Å². The molecule has 0 aliphatic carbocycles. The summed E-state index contributed by atoms with van der Waals surface area (Å²) in [5.41, 5.74) is 2.53. The van der Waals surface area contributed by atoms with Crippen LogP contribution in [0.5, 0.6) is 5.75 Å². The van der Waals surface area contributed by atoms with Gasteiger partial charge in [0.05, 0.1) is 19.9 Å². The molecule has 33 heavy (non-hydrogen) atoms. The Balaban J connectivity index is 1.39. The van der Waals surface area contributed by atoms with Gasteiger partial charge in [-0.25, -0.2) is 0 Å². The molecule has 6 heteroatoms. The zero-order valence-electron chi connectivity index (χ0n) is 20.0. The molecule has 2 aliphatic heterocycles. The van der Waals surface area contributed by atoms with E-state index in [4.69, 9.17) is 9.47 Å². The second-order valence-electron chi connectivity index (χ2n) is 9.15. The number of para-hydroxylation sites is 2. The van der Waals surface area contributed by atoms with E-state index in [9.17, 15) is 4.79 Å². The number of piperidine rings is 1. The molecule has 2 atom stereocenters. The lowest BCUT2D eigenvalue weighted by Gasteiger charge is -2.47. The first kappa shape index (κ1) is 23.6. The molecule has 0 amide bonds. The van der Waals surface area contributed by atoms with Crippen LogP contribution >= 0.6 is 0 Å². The highest BCUT2D eigenvalue weighted by molar-refractivity contribution is 5.69. The number of carbonyl (C=O) groups excluding carboxylic acids is 1. The Labute approximate surface area is 198 Å². The Bertz CT molecular complexity index is 883. The summed E-state index contributed by atoms with van der Waals surface area (Å²) in [7, 11) is 3.23. The molecule has 2 fully saturated rings. The van der Waals surface area contributed by atoms with Crippen molar-refractivity contribution in [2.75, 3.05) is 58.4 Å². The predicted octanol–water partition coefficient (Wildman–Crippen LogP) is 3.66. The van der Waals surface area contributed by atoms with Crippen LogP contribution in [0.2, 0.25) is 0 Å². The number of methoxy groups -OCH3 is 2. The first-order valence-corrected chi connectivity index (χ1v) is 12.1. The molecule has 0 aromatic heterocycles. The summed E-state index contributed by atoms with van der Waals surface area (Å²) in [4.78, 5) is 19.6. The van der Waals surface area contributed by atoms with E-state index in [0.717, 1.165) is 64.4 Å². The standard InChI is InChI=1S/C27H37N3O3/c1-32-26-11-7-6-10-25(26)30-18-16-29(17-19-30)24-14-15-28(20-22-8-4-3-5-9-22)21-23(24)12-13-27(31)33-2/h3-11,23-24H,12-21H2,1-2H3/t23-,24+/m1/s1. The fourth-order valence-corrected chi connectivity index (χ4v) is 5.44. The van der Waals surface area contributed by atoms with Crippen molar-refractivity contribution >= 4 is 11.7 Å². The molecule has 0 spiro atoms. The average Bonchev–Trinajstić information content (AvgIpc) is 2.88. The summed E-state index contributed by atoms with van der Waals surface area (Å²) >= 11 is 0. The number of ether oxygens (including phenoxy) is 2. The molecule has 0 bridgehead atoms. The summed E-state index contributed by atoms with van der Waals surface area (Å²) < 4.78 is 10.5. The number of hydrogen-bond donors (Lipinski definition) is 0. The Kier molecular flexibility index (Phi) is 8.24. The van der Waals surface area contributed by atoms with Crippen LogP contribution in [-0.2, 0) is 16.1 Å². The van der Waals surface area contributed by atoms with Crippen molar-refractivity contribution in [2.24, 2.45) is 5.92 Å². The molecular formula is C27H37N3O3. The third-order valence-electron chi connectivity index (χ3n) is 7.18.